The highest BCUT2D eigenvalue weighted by molar-refractivity contribution is 8.18. The molecule has 1 amide bonds. The molecule has 33 heavy (non-hydrogen) atoms. The van der Waals surface area contributed by atoms with Crippen molar-refractivity contribution < 1.29 is 23.8 Å². The van der Waals surface area contributed by atoms with E-state index in [9.17, 15) is 9.59 Å². The van der Waals surface area contributed by atoms with Gasteiger partial charge in [-0.05, 0) is 75.4 Å². The van der Waals surface area contributed by atoms with Gasteiger partial charge in [0, 0.05) is 6.04 Å². The number of carbonyl (C=O) groups excluding carboxylic acids is 2. The third kappa shape index (κ3) is 6.16. The Hall–Kier alpha value is -3.26. The van der Waals surface area contributed by atoms with E-state index in [-0.39, 0.29) is 18.6 Å². The largest absolute Gasteiger partial charge is 0.493 e. The van der Waals surface area contributed by atoms with E-state index in [0.717, 1.165) is 16.8 Å². The van der Waals surface area contributed by atoms with Gasteiger partial charge in [-0.3, -0.25) is 9.69 Å². The highest BCUT2D eigenvalue weighted by Gasteiger charge is 2.35. The smallest absolute Gasteiger partial charge is 0.344 e. The van der Waals surface area contributed by atoms with E-state index >= 15 is 0 Å². The van der Waals surface area contributed by atoms with Crippen molar-refractivity contribution in [3.05, 3.63) is 58.5 Å². The van der Waals surface area contributed by atoms with Crippen molar-refractivity contribution in [1.82, 2.24) is 4.90 Å². The summed E-state index contributed by atoms with van der Waals surface area (Å²) in [6.45, 7) is 7.77. The molecular weight excluding hydrogens is 440 g/mol. The average molecular weight is 469 g/mol. The van der Waals surface area contributed by atoms with Crippen LogP contribution in [0, 0.1) is 6.92 Å². The first-order chi connectivity index (χ1) is 15.8. The summed E-state index contributed by atoms with van der Waals surface area (Å²) in [5, 5.41) is 0.645. The molecule has 174 valence electrons. The lowest BCUT2D eigenvalue weighted by molar-refractivity contribution is -0.145. The predicted molar refractivity (Wildman–Crippen MR) is 131 cm³/mol. The van der Waals surface area contributed by atoms with Crippen LogP contribution in [0.5, 0.6) is 11.5 Å². The van der Waals surface area contributed by atoms with Gasteiger partial charge in [0.2, 0.25) is 0 Å². The zero-order valence-electron chi connectivity index (χ0n) is 19.5. The number of hydrogen-bond donors (Lipinski definition) is 0. The summed E-state index contributed by atoms with van der Waals surface area (Å²) in [5.41, 5.74) is 2.72. The first-order valence-corrected chi connectivity index (χ1v) is 11.5. The summed E-state index contributed by atoms with van der Waals surface area (Å²) >= 11 is 1.34. The Morgan fingerprint density at radius 2 is 1.88 bits per heavy atom. The molecule has 0 N–H and O–H groups in total. The van der Waals surface area contributed by atoms with Crippen molar-refractivity contribution >= 4 is 40.6 Å². The summed E-state index contributed by atoms with van der Waals surface area (Å²) in [6.07, 6.45) is 1.80. The van der Waals surface area contributed by atoms with Crippen molar-refractivity contribution in [2.75, 3.05) is 20.3 Å². The lowest BCUT2D eigenvalue weighted by atomic mass is 10.1. The number of esters is 1. The molecule has 1 saturated heterocycles. The molecule has 1 fully saturated rings. The van der Waals surface area contributed by atoms with E-state index < -0.39 is 5.97 Å². The zero-order valence-corrected chi connectivity index (χ0v) is 20.3. The maximum Gasteiger partial charge on any atom is 0.344 e. The fourth-order valence-electron chi connectivity index (χ4n) is 3.13. The SMILES string of the molecule is CCOC(=O)COc1ccc(/C=C2/SC(=Nc3ccc(C)cc3)N(C(C)C)C2=O)cc1OC. The zero-order chi connectivity index (χ0) is 24.0. The Morgan fingerprint density at radius 1 is 1.15 bits per heavy atom. The molecule has 2 aromatic carbocycles. The number of amidine groups is 1. The molecule has 7 nitrogen and oxygen atoms in total. The molecule has 0 aliphatic carbocycles. The molecular formula is C25H28N2O5S. The van der Waals surface area contributed by atoms with E-state index in [4.69, 9.17) is 19.2 Å². The minimum absolute atomic E-state index is 0.0340. The second-order valence-corrected chi connectivity index (χ2v) is 8.62. The number of carbonyl (C=O) groups is 2. The van der Waals surface area contributed by atoms with E-state index in [1.54, 1.807) is 36.1 Å². The highest BCUT2D eigenvalue weighted by atomic mass is 32.2. The van der Waals surface area contributed by atoms with Gasteiger partial charge in [0.15, 0.2) is 23.3 Å². The number of amides is 1. The van der Waals surface area contributed by atoms with Crippen molar-refractivity contribution in [2.24, 2.45) is 4.99 Å². The molecule has 0 bridgehead atoms. The lowest BCUT2D eigenvalue weighted by Gasteiger charge is -2.19. The number of benzene rings is 2. The average Bonchev–Trinajstić information content (AvgIpc) is 3.09. The van der Waals surface area contributed by atoms with Crippen LogP contribution in [0.3, 0.4) is 0 Å². The molecule has 0 saturated carbocycles. The first-order valence-electron chi connectivity index (χ1n) is 10.7. The van der Waals surface area contributed by atoms with Crippen LogP contribution in [0.1, 0.15) is 31.9 Å². The minimum Gasteiger partial charge on any atom is -0.493 e. The van der Waals surface area contributed by atoms with E-state index in [2.05, 4.69) is 0 Å². The van der Waals surface area contributed by atoms with Gasteiger partial charge in [-0.25, -0.2) is 9.79 Å². The van der Waals surface area contributed by atoms with Crippen LogP contribution in [0.4, 0.5) is 5.69 Å². The van der Waals surface area contributed by atoms with Crippen LogP contribution < -0.4 is 9.47 Å². The molecule has 0 spiro atoms. The predicted octanol–water partition coefficient (Wildman–Crippen LogP) is 4.96. The van der Waals surface area contributed by atoms with Gasteiger partial charge in [-0.2, -0.15) is 0 Å². The van der Waals surface area contributed by atoms with Crippen molar-refractivity contribution in [1.29, 1.82) is 0 Å². The number of thioether (sulfide) groups is 1. The Morgan fingerprint density at radius 3 is 2.52 bits per heavy atom. The summed E-state index contributed by atoms with van der Waals surface area (Å²) in [4.78, 5) is 31.6. The molecule has 0 unspecified atom stereocenters. The van der Waals surface area contributed by atoms with Crippen LogP contribution in [-0.2, 0) is 14.3 Å². The number of nitrogens with zero attached hydrogens (tertiary/aromatic N) is 2. The van der Waals surface area contributed by atoms with Crippen LogP contribution in [0.25, 0.3) is 6.08 Å². The Balaban J connectivity index is 1.85. The van der Waals surface area contributed by atoms with Crippen molar-refractivity contribution in [2.45, 2.75) is 33.7 Å². The summed E-state index contributed by atoms with van der Waals surface area (Å²) in [5.74, 6) is 0.331. The van der Waals surface area contributed by atoms with E-state index in [1.165, 1.54) is 18.9 Å². The first kappa shape index (κ1) is 24.4. The summed E-state index contributed by atoms with van der Waals surface area (Å²) < 4.78 is 15.8. The number of ether oxygens (including phenoxy) is 3. The Bertz CT molecular complexity index is 1080. The van der Waals surface area contributed by atoms with Crippen LogP contribution >= 0.6 is 11.8 Å². The quantitative estimate of drug-likeness (QED) is 0.403. The molecule has 0 radical (unpaired) electrons. The molecule has 3 rings (SSSR count). The van der Waals surface area contributed by atoms with Gasteiger partial charge in [-0.15, -0.1) is 0 Å². The topological polar surface area (TPSA) is 77.4 Å². The third-order valence-electron chi connectivity index (χ3n) is 4.75. The van der Waals surface area contributed by atoms with E-state index in [1.807, 2.05) is 45.0 Å². The molecule has 2 aromatic rings. The van der Waals surface area contributed by atoms with Gasteiger partial charge < -0.3 is 14.2 Å². The Labute approximate surface area is 198 Å². The highest BCUT2D eigenvalue weighted by Crippen LogP contribution is 2.36. The molecule has 0 aromatic heterocycles. The second kappa shape index (κ2) is 11.0. The molecule has 1 heterocycles. The lowest BCUT2D eigenvalue weighted by Crippen LogP contribution is -2.35. The van der Waals surface area contributed by atoms with Crippen molar-refractivity contribution in [3.8, 4) is 11.5 Å². The maximum atomic E-state index is 13.1. The fourth-order valence-corrected chi connectivity index (χ4v) is 4.25. The van der Waals surface area contributed by atoms with Gasteiger partial charge >= 0.3 is 5.97 Å². The number of aliphatic imine (C=N–C) groups is 1. The van der Waals surface area contributed by atoms with Gasteiger partial charge in [-0.1, -0.05) is 23.8 Å². The van der Waals surface area contributed by atoms with Crippen molar-refractivity contribution in [3.63, 3.8) is 0 Å². The Kier molecular flexibility index (Phi) is 8.16. The normalized spacial score (nSPS) is 16.1. The summed E-state index contributed by atoms with van der Waals surface area (Å²) in [7, 11) is 1.52. The minimum atomic E-state index is -0.451. The molecule has 1 aliphatic heterocycles. The van der Waals surface area contributed by atoms with Gasteiger partial charge in [0.25, 0.3) is 5.91 Å². The molecule has 0 atom stereocenters. The number of methoxy groups -OCH3 is 1. The fraction of sp³-hybridized carbons (Fsp3) is 0.320. The number of rotatable bonds is 8. The van der Waals surface area contributed by atoms with Crippen LogP contribution in [-0.4, -0.2) is 48.3 Å². The number of aryl methyl sites for hydroxylation is 1. The van der Waals surface area contributed by atoms with Crippen LogP contribution in [0.2, 0.25) is 0 Å². The monoisotopic (exact) mass is 468 g/mol. The van der Waals surface area contributed by atoms with E-state index in [0.29, 0.717) is 28.2 Å². The summed E-state index contributed by atoms with van der Waals surface area (Å²) in [6, 6.07) is 13.1. The van der Waals surface area contributed by atoms with Gasteiger partial charge in [0.05, 0.1) is 24.3 Å². The second-order valence-electron chi connectivity index (χ2n) is 7.61. The standard InChI is InChI=1S/C25H28N2O5S/c1-6-31-23(28)15-32-20-12-9-18(13-21(20)30-5)14-22-24(29)27(16(2)3)25(33-22)26-19-10-7-17(4)8-11-19/h7-14,16H,6,15H2,1-5H3/b22-14+,26-25?. The van der Waals surface area contributed by atoms with Gasteiger partial charge in [0.1, 0.15) is 0 Å². The maximum absolute atomic E-state index is 13.1. The third-order valence-corrected chi connectivity index (χ3v) is 5.73. The molecule has 1 aliphatic rings. The number of hydrogen-bond acceptors (Lipinski definition) is 7. The molecule has 8 heteroatoms. The van der Waals surface area contributed by atoms with Crippen LogP contribution in [0.15, 0.2) is 52.4 Å².